The van der Waals surface area contributed by atoms with E-state index >= 15 is 0 Å². The van der Waals surface area contributed by atoms with Crippen molar-refractivity contribution in [1.29, 1.82) is 0 Å². The van der Waals surface area contributed by atoms with Crippen LogP contribution in [0.3, 0.4) is 0 Å². The third-order valence-corrected chi connectivity index (χ3v) is 4.10. The van der Waals surface area contributed by atoms with Crippen LogP contribution in [-0.2, 0) is 11.3 Å². The highest BCUT2D eigenvalue weighted by molar-refractivity contribution is 6.30. The lowest BCUT2D eigenvalue weighted by atomic mass is 10.2. The molecule has 3 amide bonds. The van der Waals surface area contributed by atoms with Gasteiger partial charge in [0.2, 0.25) is 5.91 Å². The van der Waals surface area contributed by atoms with Crippen LogP contribution in [0.2, 0.25) is 5.02 Å². The SMILES string of the molecule is O=C(NCc1ccncc1)N[C@@H]1CCN(c2ccc(Cl)cc2)C1=O. The van der Waals surface area contributed by atoms with Crippen molar-refractivity contribution >= 4 is 29.2 Å². The highest BCUT2D eigenvalue weighted by Crippen LogP contribution is 2.23. The molecule has 0 spiro atoms. The molecule has 1 fully saturated rings. The second kappa shape index (κ2) is 7.31. The van der Waals surface area contributed by atoms with Gasteiger partial charge in [0, 0.05) is 36.2 Å². The Bertz CT molecular complexity index is 721. The lowest BCUT2D eigenvalue weighted by molar-refractivity contribution is -0.118. The molecule has 0 unspecified atom stereocenters. The van der Waals surface area contributed by atoms with Gasteiger partial charge in [-0.2, -0.15) is 0 Å². The number of halogens is 1. The van der Waals surface area contributed by atoms with E-state index in [0.717, 1.165) is 11.3 Å². The zero-order valence-corrected chi connectivity index (χ0v) is 13.7. The third kappa shape index (κ3) is 3.83. The summed E-state index contributed by atoms with van der Waals surface area (Å²) >= 11 is 5.86. The highest BCUT2D eigenvalue weighted by Gasteiger charge is 2.33. The van der Waals surface area contributed by atoms with Crippen LogP contribution in [0.4, 0.5) is 10.5 Å². The summed E-state index contributed by atoms with van der Waals surface area (Å²) in [6.45, 7) is 0.950. The van der Waals surface area contributed by atoms with Gasteiger partial charge in [0.1, 0.15) is 6.04 Å². The van der Waals surface area contributed by atoms with Crippen molar-refractivity contribution in [2.75, 3.05) is 11.4 Å². The van der Waals surface area contributed by atoms with Gasteiger partial charge in [0.05, 0.1) is 0 Å². The largest absolute Gasteiger partial charge is 0.334 e. The van der Waals surface area contributed by atoms with Gasteiger partial charge in [0.25, 0.3) is 0 Å². The smallest absolute Gasteiger partial charge is 0.315 e. The summed E-state index contributed by atoms with van der Waals surface area (Å²) in [6, 6.07) is 9.85. The Labute approximate surface area is 144 Å². The molecule has 1 aliphatic rings. The van der Waals surface area contributed by atoms with Gasteiger partial charge in [-0.3, -0.25) is 9.78 Å². The van der Waals surface area contributed by atoms with Crippen molar-refractivity contribution < 1.29 is 9.59 Å². The zero-order valence-electron chi connectivity index (χ0n) is 12.9. The molecule has 0 bridgehead atoms. The van der Waals surface area contributed by atoms with Gasteiger partial charge in [-0.25, -0.2) is 4.79 Å². The number of rotatable bonds is 4. The number of urea groups is 1. The maximum absolute atomic E-state index is 12.4. The zero-order chi connectivity index (χ0) is 16.9. The van der Waals surface area contributed by atoms with Crippen LogP contribution in [0, 0.1) is 0 Å². The molecule has 2 aromatic rings. The molecular formula is C17H17ClN4O2. The van der Waals surface area contributed by atoms with E-state index in [2.05, 4.69) is 15.6 Å². The number of amides is 3. The van der Waals surface area contributed by atoms with E-state index in [0.29, 0.717) is 24.5 Å². The molecule has 1 aromatic carbocycles. The van der Waals surface area contributed by atoms with Crippen LogP contribution in [0.1, 0.15) is 12.0 Å². The molecule has 1 atom stereocenters. The first-order valence-corrected chi connectivity index (χ1v) is 8.01. The van der Waals surface area contributed by atoms with Crippen molar-refractivity contribution in [2.45, 2.75) is 19.0 Å². The molecule has 124 valence electrons. The Morgan fingerprint density at radius 2 is 1.92 bits per heavy atom. The van der Waals surface area contributed by atoms with Gasteiger partial charge in [-0.1, -0.05) is 11.6 Å². The first kappa shape index (κ1) is 16.3. The minimum absolute atomic E-state index is 0.114. The Hall–Kier alpha value is -2.60. The lowest BCUT2D eigenvalue weighted by Crippen LogP contribution is -2.45. The number of nitrogens with one attached hydrogen (secondary N) is 2. The monoisotopic (exact) mass is 344 g/mol. The molecule has 1 saturated heterocycles. The summed E-state index contributed by atoms with van der Waals surface area (Å²) in [5.74, 6) is -0.114. The number of aromatic nitrogens is 1. The number of hydrogen-bond acceptors (Lipinski definition) is 3. The number of nitrogens with zero attached hydrogens (tertiary/aromatic N) is 2. The molecule has 0 radical (unpaired) electrons. The number of hydrogen-bond donors (Lipinski definition) is 2. The highest BCUT2D eigenvalue weighted by atomic mass is 35.5. The number of carbonyl (C=O) groups is 2. The van der Waals surface area contributed by atoms with E-state index < -0.39 is 6.04 Å². The molecule has 6 nitrogen and oxygen atoms in total. The first-order valence-electron chi connectivity index (χ1n) is 7.64. The molecule has 7 heteroatoms. The summed E-state index contributed by atoms with van der Waals surface area (Å²) in [5.41, 5.74) is 1.73. The predicted molar refractivity (Wildman–Crippen MR) is 91.8 cm³/mol. The first-order chi connectivity index (χ1) is 11.6. The quantitative estimate of drug-likeness (QED) is 0.894. The van der Waals surface area contributed by atoms with Crippen LogP contribution in [0.5, 0.6) is 0 Å². The maximum Gasteiger partial charge on any atom is 0.315 e. The summed E-state index contributed by atoms with van der Waals surface area (Å²) in [7, 11) is 0. The minimum atomic E-state index is -0.516. The number of benzene rings is 1. The van der Waals surface area contributed by atoms with Gasteiger partial charge in [-0.05, 0) is 48.4 Å². The van der Waals surface area contributed by atoms with Crippen LogP contribution in [0.15, 0.2) is 48.8 Å². The second-order valence-electron chi connectivity index (χ2n) is 5.49. The third-order valence-electron chi connectivity index (χ3n) is 3.85. The average Bonchev–Trinajstić information content (AvgIpc) is 2.95. The van der Waals surface area contributed by atoms with Crippen LogP contribution in [-0.4, -0.2) is 29.5 Å². The summed E-state index contributed by atoms with van der Waals surface area (Å²) in [6.07, 6.45) is 3.91. The predicted octanol–water partition coefficient (Wildman–Crippen LogP) is 2.34. The number of anilines is 1. The second-order valence-corrected chi connectivity index (χ2v) is 5.93. The lowest BCUT2D eigenvalue weighted by Gasteiger charge is -2.17. The van der Waals surface area contributed by atoms with Gasteiger partial charge >= 0.3 is 6.03 Å². The molecule has 0 saturated carbocycles. The number of carbonyl (C=O) groups excluding carboxylic acids is 2. The molecule has 2 N–H and O–H groups in total. The maximum atomic E-state index is 12.4. The standard InChI is InChI=1S/C17H17ClN4O2/c18-13-1-3-14(4-2-13)22-10-7-15(16(22)23)21-17(24)20-11-12-5-8-19-9-6-12/h1-6,8-9,15H,7,10-11H2,(H2,20,21,24)/t15-/m1/s1. The van der Waals surface area contributed by atoms with Gasteiger partial charge in [-0.15, -0.1) is 0 Å². The Morgan fingerprint density at radius 3 is 2.62 bits per heavy atom. The fourth-order valence-corrected chi connectivity index (χ4v) is 2.71. The molecule has 2 heterocycles. The van der Waals surface area contributed by atoms with E-state index in [1.165, 1.54) is 0 Å². The molecule has 1 aromatic heterocycles. The molecule has 1 aliphatic heterocycles. The molecular weight excluding hydrogens is 328 g/mol. The van der Waals surface area contributed by atoms with Crippen molar-refractivity contribution in [1.82, 2.24) is 15.6 Å². The van der Waals surface area contributed by atoms with Gasteiger partial charge < -0.3 is 15.5 Å². The van der Waals surface area contributed by atoms with E-state index in [4.69, 9.17) is 11.6 Å². The average molecular weight is 345 g/mol. The molecule has 0 aliphatic carbocycles. The van der Waals surface area contributed by atoms with Crippen LogP contribution in [0.25, 0.3) is 0 Å². The normalized spacial score (nSPS) is 17.0. The van der Waals surface area contributed by atoms with Crippen molar-refractivity contribution in [3.05, 3.63) is 59.4 Å². The van der Waals surface area contributed by atoms with Crippen LogP contribution < -0.4 is 15.5 Å². The van der Waals surface area contributed by atoms with E-state index in [1.54, 1.807) is 41.6 Å². The van der Waals surface area contributed by atoms with Crippen molar-refractivity contribution in [2.24, 2.45) is 0 Å². The number of pyridine rings is 1. The fraction of sp³-hybridized carbons (Fsp3) is 0.235. The summed E-state index contributed by atoms with van der Waals surface area (Å²) in [4.78, 5) is 30.0. The Morgan fingerprint density at radius 1 is 1.21 bits per heavy atom. The Kier molecular flexibility index (Phi) is 4.96. The Balaban J connectivity index is 1.53. The summed E-state index contributed by atoms with van der Waals surface area (Å²) in [5, 5.41) is 6.09. The van der Waals surface area contributed by atoms with Gasteiger partial charge in [0.15, 0.2) is 0 Å². The van der Waals surface area contributed by atoms with Crippen LogP contribution >= 0.6 is 11.6 Å². The fourth-order valence-electron chi connectivity index (χ4n) is 2.58. The van der Waals surface area contributed by atoms with Crippen molar-refractivity contribution in [3.63, 3.8) is 0 Å². The summed E-state index contributed by atoms with van der Waals surface area (Å²) < 4.78 is 0. The topological polar surface area (TPSA) is 74.3 Å². The molecule has 24 heavy (non-hydrogen) atoms. The molecule has 3 rings (SSSR count). The van der Waals surface area contributed by atoms with Crippen molar-refractivity contribution in [3.8, 4) is 0 Å². The van der Waals surface area contributed by atoms with E-state index in [1.807, 2.05) is 12.1 Å². The van der Waals surface area contributed by atoms with E-state index in [9.17, 15) is 9.59 Å². The minimum Gasteiger partial charge on any atom is -0.334 e. The van der Waals surface area contributed by atoms with E-state index in [-0.39, 0.29) is 11.9 Å².